The molecule has 1 atom stereocenters. The number of aromatic nitrogens is 1. The van der Waals surface area contributed by atoms with Gasteiger partial charge in [-0.1, -0.05) is 17.3 Å². The molecule has 1 N–H and O–H groups in total. The summed E-state index contributed by atoms with van der Waals surface area (Å²) in [5.74, 6) is -1.06. The zero-order valence-corrected chi connectivity index (χ0v) is 12.1. The lowest BCUT2D eigenvalue weighted by atomic mass is 10.1. The first-order valence-corrected chi connectivity index (χ1v) is 6.87. The van der Waals surface area contributed by atoms with E-state index in [1.165, 1.54) is 0 Å². The SMILES string of the molecule is CCN(C(=O)Cc1noc2ccccc12)C(C)CC(=O)O. The van der Waals surface area contributed by atoms with Gasteiger partial charge in [0.05, 0.1) is 12.8 Å². The fourth-order valence-electron chi connectivity index (χ4n) is 2.41. The van der Waals surface area contributed by atoms with E-state index in [9.17, 15) is 9.59 Å². The van der Waals surface area contributed by atoms with Gasteiger partial charge < -0.3 is 14.5 Å². The van der Waals surface area contributed by atoms with Gasteiger partial charge in [-0.05, 0) is 26.0 Å². The summed E-state index contributed by atoms with van der Waals surface area (Å²) in [5.41, 5.74) is 1.22. The molecule has 112 valence electrons. The fraction of sp³-hybridized carbons (Fsp3) is 0.400. The molecule has 0 bridgehead atoms. The first kappa shape index (κ1) is 15.0. The topological polar surface area (TPSA) is 83.6 Å². The van der Waals surface area contributed by atoms with Crippen LogP contribution < -0.4 is 0 Å². The number of carboxylic acid groups (broad SMARTS) is 1. The average Bonchev–Trinajstić information content (AvgIpc) is 2.82. The number of aliphatic carboxylic acids is 1. The number of nitrogens with zero attached hydrogens (tertiary/aromatic N) is 2. The first-order valence-electron chi connectivity index (χ1n) is 6.87. The van der Waals surface area contributed by atoms with Crippen molar-refractivity contribution in [2.24, 2.45) is 0 Å². The van der Waals surface area contributed by atoms with Crippen LogP contribution in [-0.2, 0) is 16.0 Å². The molecule has 0 aliphatic carbocycles. The molecule has 0 aliphatic heterocycles. The lowest BCUT2D eigenvalue weighted by Gasteiger charge is -2.26. The Kier molecular flexibility index (Phi) is 4.57. The Labute approximate surface area is 122 Å². The predicted molar refractivity (Wildman–Crippen MR) is 76.8 cm³/mol. The Bertz CT molecular complexity index is 650. The molecule has 1 heterocycles. The number of carboxylic acids is 1. The van der Waals surface area contributed by atoms with E-state index in [1.807, 2.05) is 25.1 Å². The van der Waals surface area contributed by atoms with Crippen LogP contribution in [0.3, 0.4) is 0 Å². The Morgan fingerprint density at radius 2 is 2.10 bits per heavy atom. The zero-order chi connectivity index (χ0) is 15.4. The van der Waals surface area contributed by atoms with Crippen molar-refractivity contribution in [1.29, 1.82) is 0 Å². The molecule has 0 saturated heterocycles. The molecule has 1 unspecified atom stereocenters. The number of carbonyl (C=O) groups excluding carboxylic acids is 1. The number of likely N-dealkylation sites (N-methyl/N-ethyl adjacent to an activating group) is 1. The van der Waals surface area contributed by atoms with E-state index in [1.54, 1.807) is 17.9 Å². The van der Waals surface area contributed by atoms with Gasteiger partial charge in [0.25, 0.3) is 0 Å². The summed E-state index contributed by atoms with van der Waals surface area (Å²) < 4.78 is 5.17. The van der Waals surface area contributed by atoms with E-state index in [-0.39, 0.29) is 24.8 Å². The molecule has 0 aliphatic rings. The molecule has 2 aromatic rings. The molecular weight excluding hydrogens is 272 g/mol. The quantitative estimate of drug-likeness (QED) is 0.880. The van der Waals surface area contributed by atoms with E-state index in [4.69, 9.17) is 9.63 Å². The van der Waals surface area contributed by atoms with E-state index in [0.717, 1.165) is 5.39 Å². The third-order valence-electron chi connectivity index (χ3n) is 3.43. The maximum Gasteiger partial charge on any atom is 0.305 e. The number of benzene rings is 1. The highest BCUT2D eigenvalue weighted by molar-refractivity contribution is 5.86. The van der Waals surface area contributed by atoms with Crippen molar-refractivity contribution in [2.75, 3.05) is 6.54 Å². The number of amides is 1. The maximum atomic E-state index is 12.4. The van der Waals surface area contributed by atoms with Crippen molar-refractivity contribution in [3.05, 3.63) is 30.0 Å². The van der Waals surface area contributed by atoms with Gasteiger partial charge in [-0.15, -0.1) is 0 Å². The third-order valence-corrected chi connectivity index (χ3v) is 3.43. The average molecular weight is 290 g/mol. The van der Waals surface area contributed by atoms with Crippen molar-refractivity contribution >= 4 is 22.8 Å². The summed E-state index contributed by atoms with van der Waals surface area (Å²) in [4.78, 5) is 24.7. The standard InChI is InChI=1S/C15H18N2O4/c1-3-17(10(2)8-15(19)20)14(18)9-12-11-6-4-5-7-13(11)21-16-12/h4-7,10H,3,8-9H2,1-2H3,(H,19,20). The fourth-order valence-corrected chi connectivity index (χ4v) is 2.41. The minimum atomic E-state index is -0.916. The Balaban J connectivity index is 2.14. The van der Waals surface area contributed by atoms with Gasteiger partial charge in [-0.2, -0.15) is 0 Å². The first-order chi connectivity index (χ1) is 10.0. The molecule has 21 heavy (non-hydrogen) atoms. The summed E-state index contributed by atoms with van der Waals surface area (Å²) >= 11 is 0. The van der Waals surface area contributed by atoms with Gasteiger partial charge in [0, 0.05) is 18.0 Å². The second-order valence-electron chi connectivity index (χ2n) is 4.93. The molecule has 1 amide bonds. The molecule has 6 heteroatoms. The van der Waals surface area contributed by atoms with Gasteiger partial charge in [-0.3, -0.25) is 9.59 Å². The highest BCUT2D eigenvalue weighted by Gasteiger charge is 2.22. The Morgan fingerprint density at radius 1 is 1.38 bits per heavy atom. The van der Waals surface area contributed by atoms with Crippen LogP contribution in [0.15, 0.2) is 28.8 Å². The molecule has 1 aromatic heterocycles. The Morgan fingerprint density at radius 3 is 2.76 bits per heavy atom. The Hall–Kier alpha value is -2.37. The van der Waals surface area contributed by atoms with Crippen molar-refractivity contribution in [2.45, 2.75) is 32.7 Å². The second kappa shape index (κ2) is 6.39. The maximum absolute atomic E-state index is 12.4. The van der Waals surface area contributed by atoms with Gasteiger partial charge >= 0.3 is 5.97 Å². The minimum Gasteiger partial charge on any atom is -0.481 e. The van der Waals surface area contributed by atoms with Crippen molar-refractivity contribution in [3.8, 4) is 0 Å². The van der Waals surface area contributed by atoms with Gasteiger partial charge in [0.15, 0.2) is 5.58 Å². The summed E-state index contributed by atoms with van der Waals surface area (Å²) in [5, 5.41) is 13.6. The number of rotatable bonds is 6. The summed E-state index contributed by atoms with van der Waals surface area (Å²) in [7, 11) is 0. The van der Waals surface area contributed by atoms with Crippen molar-refractivity contribution in [1.82, 2.24) is 10.1 Å². The molecule has 0 saturated carbocycles. The second-order valence-corrected chi connectivity index (χ2v) is 4.93. The molecule has 0 spiro atoms. The molecule has 0 radical (unpaired) electrons. The van der Waals surface area contributed by atoms with E-state index in [2.05, 4.69) is 5.16 Å². The highest BCUT2D eigenvalue weighted by Crippen LogP contribution is 2.19. The van der Waals surface area contributed by atoms with Crippen LogP contribution in [0, 0.1) is 0 Å². The predicted octanol–water partition coefficient (Wildman–Crippen LogP) is 2.08. The largest absolute Gasteiger partial charge is 0.481 e. The summed E-state index contributed by atoms with van der Waals surface area (Å²) in [6.07, 6.45) is 0.0357. The lowest BCUT2D eigenvalue weighted by molar-refractivity contribution is -0.140. The van der Waals surface area contributed by atoms with E-state index < -0.39 is 5.97 Å². The van der Waals surface area contributed by atoms with Crippen molar-refractivity contribution in [3.63, 3.8) is 0 Å². The van der Waals surface area contributed by atoms with Crippen LogP contribution in [0.1, 0.15) is 26.0 Å². The number of para-hydroxylation sites is 1. The van der Waals surface area contributed by atoms with E-state index >= 15 is 0 Å². The van der Waals surface area contributed by atoms with Gasteiger partial charge in [0.2, 0.25) is 5.91 Å². The summed E-state index contributed by atoms with van der Waals surface area (Å²) in [6.45, 7) is 4.02. The molecule has 0 fully saturated rings. The molecule has 6 nitrogen and oxygen atoms in total. The van der Waals surface area contributed by atoms with Crippen LogP contribution in [0.4, 0.5) is 0 Å². The van der Waals surface area contributed by atoms with Crippen LogP contribution in [0.2, 0.25) is 0 Å². The third kappa shape index (κ3) is 3.39. The summed E-state index contributed by atoms with van der Waals surface area (Å²) in [6, 6.07) is 7.00. The lowest BCUT2D eigenvalue weighted by Crippen LogP contribution is -2.40. The smallest absolute Gasteiger partial charge is 0.305 e. The van der Waals surface area contributed by atoms with Crippen molar-refractivity contribution < 1.29 is 19.2 Å². The van der Waals surface area contributed by atoms with Gasteiger partial charge in [-0.25, -0.2) is 0 Å². The molecule has 2 rings (SSSR count). The molecule has 1 aromatic carbocycles. The van der Waals surface area contributed by atoms with Crippen LogP contribution >= 0.6 is 0 Å². The number of carbonyl (C=O) groups is 2. The minimum absolute atomic E-state index is 0.0703. The number of hydrogen-bond donors (Lipinski definition) is 1. The number of hydrogen-bond acceptors (Lipinski definition) is 4. The normalized spacial score (nSPS) is 12.3. The zero-order valence-electron chi connectivity index (χ0n) is 12.1. The number of fused-ring (bicyclic) bond motifs is 1. The monoisotopic (exact) mass is 290 g/mol. The molecular formula is C15H18N2O4. The van der Waals surface area contributed by atoms with Gasteiger partial charge in [0.1, 0.15) is 5.69 Å². The highest BCUT2D eigenvalue weighted by atomic mass is 16.5. The van der Waals surface area contributed by atoms with Crippen LogP contribution in [0.5, 0.6) is 0 Å². The van der Waals surface area contributed by atoms with E-state index in [0.29, 0.717) is 17.8 Å². The van der Waals surface area contributed by atoms with Crippen LogP contribution in [0.25, 0.3) is 11.0 Å². The van der Waals surface area contributed by atoms with Crippen LogP contribution in [-0.4, -0.2) is 39.6 Å².